The Morgan fingerprint density at radius 3 is 2.70 bits per heavy atom. The fourth-order valence-electron chi connectivity index (χ4n) is 2.45. The smallest absolute Gasteiger partial charge is 0.0850 e. The molecule has 0 aliphatic carbocycles. The quantitative estimate of drug-likeness (QED) is 0.919. The van der Waals surface area contributed by atoms with E-state index in [4.69, 9.17) is 11.6 Å². The van der Waals surface area contributed by atoms with Crippen LogP contribution in [0.5, 0.6) is 0 Å². The summed E-state index contributed by atoms with van der Waals surface area (Å²) in [5.41, 5.74) is 4.16. The highest BCUT2D eigenvalue weighted by Gasteiger charge is 2.16. The number of aliphatic hydroxyl groups is 1. The van der Waals surface area contributed by atoms with Crippen LogP contribution < -0.4 is 0 Å². The first kappa shape index (κ1) is 15.1. The van der Waals surface area contributed by atoms with E-state index in [9.17, 15) is 5.11 Å². The second-order valence-electron chi connectivity index (χ2n) is 5.24. The number of hydrogen-bond donors (Lipinski definition) is 1. The van der Waals surface area contributed by atoms with Gasteiger partial charge in [-0.2, -0.15) is 5.10 Å². The van der Waals surface area contributed by atoms with Gasteiger partial charge in [0.2, 0.25) is 0 Å². The number of nitrogens with zero attached hydrogens (tertiary/aromatic N) is 2. The summed E-state index contributed by atoms with van der Waals surface area (Å²) in [6.07, 6.45) is 1.51. The molecule has 4 heteroatoms. The van der Waals surface area contributed by atoms with Crippen LogP contribution in [0.15, 0.2) is 24.3 Å². The standard InChI is InChI=1S/C16H21ClN2O/c1-4-14-16(17)15(19(3)18-14)10-13(20)9-12-7-5-6-11(2)8-12/h5-8,13,20H,4,9-10H2,1-3H3. The molecule has 0 fully saturated rings. The molecule has 0 bridgehead atoms. The van der Waals surface area contributed by atoms with E-state index in [1.807, 2.05) is 26.1 Å². The molecule has 1 atom stereocenters. The van der Waals surface area contributed by atoms with Gasteiger partial charge in [0.1, 0.15) is 0 Å². The molecule has 0 saturated heterocycles. The van der Waals surface area contributed by atoms with Gasteiger partial charge in [-0.3, -0.25) is 4.68 Å². The summed E-state index contributed by atoms with van der Waals surface area (Å²) in [6.45, 7) is 4.09. The molecular weight excluding hydrogens is 272 g/mol. The van der Waals surface area contributed by atoms with Crippen LogP contribution in [0.25, 0.3) is 0 Å². The summed E-state index contributed by atoms with van der Waals surface area (Å²) >= 11 is 6.31. The molecule has 1 heterocycles. The van der Waals surface area contributed by atoms with E-state index in [0.717, 1.165) is 23.4 Å². The maximum atomic E-state index is 10.3. The van der Waals surface area contributed by atoms with Crippen molar-refractivity contribution in [3.8, 4) is 0 Å². The predicted octanol–water partition coefficient (Wildman–Crippen LogP) is 3.09. The first-order valence-electron chi connectivity index (χ1n) is 6.95. The average Bonchev–Trinajstić information content (AvgIpc) is 2.66. The van der Waals surface area contributed by atoms with Crippen LogP contribution in [-0.2, 0) is 26.3 Å². The molecule has 0 spiro atoms. The van der Waals surface area contributed by atoms with Crippen LogP contribution in [0.2, 0.25) is 5.02 Å². The van der Waals surface area contributed by atoms with Crippen molar-refractivity contribution in [2.75, 3.05) is 0 Å². The van der Waals surface area contributed by atoms with Crippen molar-refractivity contribution in [1.82, 2.24) is 9.78 Å². The molecular formula is C16H21ClN2O. The van der Waals surface area contributed by atoms with Crippen molar-refractivity contribution < 1.29 is 5.11 Å². The van der Waals surface area contributed by atoms with E-state index in [2.05, 4.69) is 24.2 Å². The van der Waals surface area contributed by atoms with Gasteiger partial charge in [0.05, 0.1) is 22.5 Å². The van der Waals surface area contributed by atoms with Gasteiger partial charge in [-0.05, 0) is 25.3 Å². The number of rotatable bonds is 5. The Labute approximate surface area is 125 Å². The van der Waals surface area contributed by atoms with Crippen molar-refractivity contribution in [2.45, 2.75) is 39.2 Å². The lowest BCUT2D eigenvalue weighted by molar-refractivity contribution is 0.173. The van der Waals surface area contributed by atoms with Crippen molar-refractivity contribution in [3.63, 3.8) is 0 Å². The second kappa shape index (κ2) is 6.42. The number of aliphatic hydroxyl groups excluding tert-OH is 1. The highest BCUT2D eigenvalue weighted by molar-refractivity contribution is 6.31. The lowest BCUT2D eigenvalue weighted by Gasteiger charge is -2.12. The third kappa shape index (κ3) is 3.41. The minimum Gasteiger partial charge on any atom is -0.392 e. The molecule has 1 aromatic heterocycles. The molecule has 2 rings (SSSR count). The van der Waals surface area contributed by atoms with E-state index in [1.54, 1.807) is 4.68 Å². The average molecular weight is 293 g/mol. The van der Waals surface area contributed by atoms with Gasteiger partial charge >= 0.3 is 0 Å². The number of halogens is 1. The maximum absolute atomic E-state index is 10.3. The Bertz CT molecular complexity index is 592. The molecule has 0 radical (unpaired) electrons. The summed E-state index contributed by atoms with van der Waals surface area (Å²) in [5.74, 6) is 0. The minimum absolute atomic E-state index is 0.450. The molecule has 0 aliphatic rings. The van der Waals surface area contributed by atoms with Crippen LogP contribution in [0.4, 0.5) is 0 Å². The molecule has 1 N–H and O–H groups in total. The SMILES string of the molecule is CCc1nn(C)c(CC(O)Cc2cccc(C)c2)c1Cl. The Morgan fingerprint density at radius 1 is 1.35 bits per heavy atom. The first-order chi connectivity index (χ1) is 9.51. The van der Waals surface area contributed by atoms with Gasteiger partial charge < -0.3 is 5.11 Å². The Morgan fingerprint density at radius 2 is 2.10 bits per heavy atom. The Kier molecular flexibility index (Phi) is 4.84. The molecule has 0 saturated carbocycles. The molecule has 0 aliphatic heterocycles. The fourth-order valence-corrected chi connectivity index (χ4v) is 2.82. The van der Waals surface area contributed by atoms with Crippen LogP contribution in [0, 0.1) is 6.92 Å². The van der Waals surface area contributed by atoms with Crippen molar-refractivity contribution in [1.29, 1.82) is 0 Å². The van der Waals surface area contributed by atoms with Crippen LogP contribution in [0.3, 0.4) is 0 Å². The fraction of sp³-hybridized carbons (Fsp3) is 0.438. The van der Waals surface area contributed by atoms with E-state index < -0.39 is 6.10 Å². The van der Waals surface area contributed by atoms with Crippen molar-refractivity contribution >= 4 is 11.6 Å². The maximum Gasteiger partial charge on any atom is 0.0850 e. The molecule has 20 heavy (non-hydrogen) atoms. The highest BCUT2D eigenvalue weighted by Crippen LogP contribution is 2.22. The summed E-state index contributed by atoms with van der Waals surface area (Å²) < 4.78 is 1.78. The highest BCUT2D eigenvalue weighted by atomic mass is 35.5. The Balaban J connectivity index is 2.08. The van der Waals surface area contributed by atoms with Gasteiger partial charge in [0.15, 0.2) is 0 Å². The summed E-state index contributed by atoms with van der Waals surface area (Å²) in [6, 6.07) is 8.22. The van der Waals surface area contributed by atoms with Crippen LogP contribution >= 0.6 is 11.6 Å². The van der Waals surface area contributed by atoms with E-state index in [0.29, 0.717) is 17.9 Å². The lowest BCUT2D eigenvalue weighted by Crippen LogP contribution is -2.16. The van der Waals surface area contributed by atoms with E-state index >= 15 is 0 Å². The van der Waals surface area contributed by atoms with Crippen molar-refractivity contribution in [3.05, 3.63) is 51.8 Å². The molecule has 3 nitrogen and oxygen atoms in total. The summed E-state index contributed by atoms with van der Waals surface area (Å²) in [7, 11) is 1.87. The number of benzene rings is 1. The minimum atomic E-state index is -0.450. The predicted molar refractivity (Wildman–Crippen MR) is 82.2 cm³/mol. The number of aryl methyl sites for hydroxylation is 3. The third-order valence-electron chi connectivity index (χ3n) is 3.49. The molecule has 0 amide bonds. The Hall–Kier alpha value is -1.32. The lowest BCUT2D eigenvalue weighted by atomic mass is 10.0. The molecule has 1 aromatic carbocycles. The zero-order valence-corrected chi connectivity index (χ0v) is 13.0. The van der Waals surface area contributed by atoms with Crippen LogP contribution in [-0.4, -0.2) is 21.0 Å². The number of hydrogen-bond acceptors (Lipinski definition) is 2. The van der Waals surface area contributed by atoms with Crippen LogP contribution in [0.1, 0.15) is 29.4 Å². The van der Waals surface area contributed by atoms with Gasteiger partial charge in [0.25, 0.3) is 0 Å². The summed E-state index contributed by atoms with van der Waals surface area (Å²) in [5, 5.41) is 15.3. The van der Waals surface area contributed by atoms with Gasteiger partial charge in [0, 0.05) is 13.5 Å². The zero-order valence-electron chi connectivity index (χ0n) is 12.2. The molecule has 1 unspecified atom stereocenters. The topological polar surface area (TPSA) is 38.0 Å². The number of aromatic nitrogens is 2. The molecule has 108 valence electrons. The first-order valence-corrected chi connectivity index (χ1v) is 7.33. The largest absolute Gasteiger partial charge is 0.392 e. The van der Waals surface area contributed by atoms with E-state index in [-0.39, 0.29) is 0 Å². The van der Waals surface area contributed by atoms with Gasteiger partial charge in [-0.15, -0.1) is 0 Å². The van der Waals surface area contributed by atoms with Gasteiger partial charge in [-0.1, -0.05) is 48.4 Å². The second-order valence-corrected chi connectivity index (χ2v) is 5.61. The van der Waals surface area contributed by atoms with Crippen molar-refractivity contribution in [2.24, 2.45) is 7.05 Å². The third-order valence-corrected chi connectivity index (χ3v) is 3.92. The normalized spacial score (nSPS) is 12.7. The van der Waals surface area contributed by atoms with E-state index in [1.165, 1.54) is 5.56 Å². The van der Waals surface area contributed by atoms with Gasteiger partial charge in [-0.25, -0.2) is 0 Å². The molecule has 2 aromatic rings. The zero-order chi connectivity index (χ0) is 14.7. The summed E-state index contributed by atoms with van der Waals surface area (Å²) in [4.78, 5) is 0. The monoisotopic (exact) mass is 292 g/mol.